The van der Waals surface area contributed by atoms with Gasteiger partial charge in [-0.15, -0.1) is 0 Å². The Labute approximate surface area is 162 Å². The van der Waals surface area contributed by atoms with Gasteiger partial charge in [-0.1, -0.05) is 0 Å². The van der Waals surface area contributed by atoms with Crippen molar-refractivity contribution in [3.05, 3.63) is 81.7 Å². The lowest BCUT2D eigenvalue weighted by atomic mass is 10.0. The molecule has 1 amide bonds. The first-order chi connectivity index (χ1) is 13.8. The minimum Gasteiger partial charge on any atom is -0.351 e. The Bertz CT molecular complexity index is 1330. The van der Waals surface area contributed by atoms with Gasteiger partial charge in [-0.2, -0.15) is 0 Å². The van der Waals surface area contributed by atoms with Crippen molar-refractivity contribution < 1.29 is 18.0 Å². The van der Waals surface area contributed by atoms with Crippen molar-refractivity contribution in [2.24, 2.45) is 0 Å². The van der Waals surface area contributed by atoms with Gasteiger partial charge in [-0.3, -0.25) is 9.59 Å². The van der Waals surface area contributed by atoms with Crippen LogP contribution >= 0.6 is 0 Å². The van der Waals surface area contributed by atoms with Crippen LogP contribution in [0, 0.1) is 17.5 Å². The molecule has 1 unspecified atom stereocenters. The molecule has 29 heavy (non-hydrogen) atoms. The number of benzene rings is 2. The Morgan fingerprint density at radius 2 is 1.72 bits per heavy atom. The predicted molar refractivity (Wildman–Crippen MR) is 103 cm³/mol. The molecule has 4 aromatic rings. The van der Waals surface area contributed by atoms with Crippen molar-refractivity contribution >= 4 is 27.6 Å². The lowest BCUT2D eigenvalue weighted by molar-refractivity contribution is 0.0738. The first-order valence-electron chi connectivity index (χ1n) is 8.82. The predicted octanol–water partition coefficient (Wildman–Crippen LogP) is 4.26. The third-order valence-corrected chi connectivity index (χ3v) is 5.14. The number of nitrogens with one attached hydrogen (secondary N) is 2. The summed E-state index contributed by atoms with van der Waals surface area (Å²) in [7, 11) is 1.55. The topological polar surface area (TPSA) is 69.0 Å². The fourth-order valence-electron chi connectivity index (χ4n) is 3.41. The van der Waals surface area contributed by atoms with E-state index < -0.39 is 29.1 Å². The molecule has 148 valence electrons. The number of pyridine rings is 1. The number of amides is 1. The molecule has 0 aliphatic carbocycles. The largest absolute Gasteiger partial charge is 0.351 e. The molecule has 0 aliphatic heterocycles. The molecule has 1 atom stereocenters. The van der Waals surface area contributed by atoms with Gasteiger partial charge in [-0.25, -0.2) is 13.2 Å². The molecule has 0 saturated heterocycles. The number of carbonyl (C=O) groups excluding carboxylic acids is 1. The maximum atomic E-state index is 13.8. The van der Waals surface area contributed by atoms with Crippen LogP contribution in [0.15, 0.2) is 47.4 Å². The average Bonchev–Trinajstić information content (AvgIpc) is 3.11. The molecule has 2 heterocycles. The van der Waals surface area contributed by atoms with Crippen LogP contribution in [-0.4, -0.2) is 27.8 Å². The van der Waals surface area contributed by atoms with Crippen LogP contribution < -0.4 is 5.56 Å². The molecular formula is C21H16F3N3O2. The summed E-state index contributed by atoms with van der Waals surface area (Å²) < 4.78 is 40.8. The summed E-state index contributed by atoms with van der Waals surface area (Å²) in [6.07, 6.45) is 1.39. The third-order valence-electron chi connectivity index (χ3n) is 5.14. The molecule has 4 rings (SSSR count). The van der Waals surface area contributed by atoms with E-state index in [2.05, 4.69) is 9.97 Å². The molecule has 0 fully saturated rings. The summed E-state index contributed by atoms with van der Waals surface area (Å²) in [6, 6.07) is 6.92. The van der Waals surface area contributed by atoms with Gasteiger partial charge in [0.2, 0.25) is 0 Å². The number of fused-ring (bicyclic) bond motifs is 2. The molecule has 0 aliphatic rings. The monoisotopic (exact) mass is 399 g/mol. The van der Waals surface area contributed by atoms with Crippen LogP contribution in [-0.2, 0) is 0 Å². The molecule has 2 aromatic heterocycles. The van der Waals surface area contributed by atoms with Gasteiger partial charge in [0.25, 0.3) is 11.5 Å². The highest BCUT2D eigenvalue weighted by Gasteiger charge is 2.23. The Kier molecular flexibility index (Phi) is 4.41. The van der Waals surface area contributed by atoms with Crippen LogP contribution in [0.3, 0.4) is 0 Å². The van der Waals surface area contributed by atoms with Crippen LogP contribution in [0.2, 0.25) is 0 Å². The molecule has 5 nitrogen and oxygen atoms in total. The quantitative estimate of drug-likeness (QED) is 0.541. The lowest BCUT2D eigenvalue weighted by Gasteiger charge is -2.25. The highest BCUT2D eigenvalue weighted by Crippen LogP contribution is 2.28. The van der Waals surface area contributed by atoms with E-state index in [1.54, 1.807) is 20.0 Å². The normalized spacial score (nSPS) is 12.4. The number of carbonyl (C=O) groups is 1. The Morgan fingerprint density at radius 1 is 1.03 bits per heavy atom. The summed E-state index contributed by atoms with van der Waals surface area (Å²) in [5.41, 5.74) is 0.770. The number of rotatable bonds is 3. The molecule has 2 N–H and O–H groups in total. The second-order valence-corrected chi connectivity index (χ2v) is 6.89. The molecule has 0 radical (unpaired) electrons. The number of nitrogens with zero attached hydrogens (tertiary/aromatic N) is 1. The summed E-state index contributed by atoms with van der Waals surface area (Å²) in [4.78, 5) is 31.8. The smallest absolute Gasteiger partial charge is 0.270 e. The summed E-state index contributed by atoms with van der Waals surface area (Å²) >= 11 is 0. The number of H-pyrrole nitrogens is 2. The van der Waals surface area contributed by atoms with E-state index in [4.69, 9.17) is 0 Å². The number of halogens is 3. The van der Waals surface area contributed by atoms with Gasteiger partial charge in [0.15, 0.2) is 11.6 Å². The first-order valence-corrected chi connectivity index (χ1v) is 8.82. The van der Waals surface area contributed by atoms with Crippen molar-refractivity contribution in [2.45, 2.75) is 13.0 Å². The number of aromatic amines is 2. The van der Waals surface area contributed by atoms with E-state index in [-0.39, 0.29) is 22.4 Å². The van der Waals surface area contributed by atoms with E-state index in [0.717, 1.165) is 12.1 Å². The second-order valence-electron chi connectivity index (χ2n) is 6.89. The highest BCUT2D eigenvalue weighted by molar-refractivity contribution is 5.98. The fourth-order valence-corrected chi connectivity index (χ4v) is 3.41. The van der Waals surface area contributed by atoms with E-state index in [9.17, 15) is 22.8 Å². The second kappa shape index (κ2) is 6.80. The Morgan fingerprint density at radius 3 is 2.45 bits per heavy atom. The fraction of sp³-hybridized carbons (Fsp3) is 0.143. The van der Waals surface area contributed by atoms with E-state index >= 15 is 0 Å². The third kappa shape index (κ3) is 3.16. The molecule has 0 spiro atoms. The van der Waals surface area contributed by atoms with Crippen molar-refractivity contribution in [1.82, 2.24) is 14.9 Å². The van der Waals surface area contributed by atoms with Crippen LogP contribution in [0.25, 0.3) is 21.7 Å². The molecule has 0 saturated carbocycles. The summed E-state index contributed by atoms with van der Waals surface area (Å²) in [6.45, 7) is 1.70. The minimum atomic E-state index is -1.12. The zero-order valence-electron chi connectivity index (χ0n) is 15.5. The maximum absolute atomic E-state index is 13.8. The summed E-state index contributed by atoms with van der Waals surface area (Å²) in [5, 5.41) is 0.773. The molecule has 0 bridgehead atoms. The Hall–Kier alpha value is -3.55. The maximum Gasteiger partial charge on any atom is 0.270 e. The van der Waals surface area contributed by atoms with Crippen molar-refractivity contribution in [2.75, 3.05) is 7.05 Å². The average molecular weight is 399 g/mol. The lowest BCUT2D eigenvalue weighted by Crippen LogP contribution is -2.30. The van der Waals surface area contributed by atoms with Gasteiger partial charge in [0.05, 0.1) is 11.4 Å². The van der Waals surface area contributed by atoms with Crippen molar-refractivity contribution in [3.8, 4) is 0 Å². The zero-order valence-corrected chi connectivity index (χ0v) is 15.5. The molecule has 8 heteroatoms. The minimum absolute atomic E-state index is 0.00446. The number of aromatic nitrogens is 2. The molecular weight excluding hydrogens is 383 g/mol. The van der Waals surface area contributed by atoms with E-state index in [1.807, 2.05) is 0 Å². The van der Waals surface area contributed by atoms with Crippen LogP contribution in [0.4, 0.5) is 13.2 Å². The van der Waals surface area contributed by atoms with E-state index in [1.165, 1.54) is 29.3 Å². The van der Waals surface area contributed by atoms with Gasteiger partial charge >= 0.3 is 0 Å². The van der Waals surface area contributed by atoms with Gasteiger partial charge < -0.3 is 14.9 Å². The highest BCUT2D eigenvalue weighted by atomic mass is 19.2. The van der Waals surface area contributed by atoms with Crippen LogP contribution in [0.5, 0.6) is 0 Å². The first kappa shape index (κ1) is 18.8. The number of hydrogen-bond acceptors (Lipinski definition) is 2. The Balaban J connectivity index is 1.74. The van der Waals surface area contributed by atoms with Crippen molar-refractivity contribution in [1.29, 1.82) is 0 Å². The van der Waals surface area contributed by atoms with Gasteiger partial charge in [0.1, 0.15) is 11.5 Å². The van der Waals surface area contributed by atoms with Crippen LogP contribution in [0.1, 0.15) is 29.0 Å². The SMILES string of the molecule is CC(c1c[nH]c(=O)c2cc(F)c(F)cc12)N(C)C(=O)c1cc2cc(F)ccc2[nH]1. The molecule has 2 aromatic carbocycles. The zero-order chi connectivity index (χ0) is 20.9. The van der Waals surface area contributed by atoms with Crippen molar-refractivity contribution in [3.63, 3.8) is 0 Å². The van der Waals surface area contributed by atoms with Gasteiger partial charge in [-0.05, 0) is 54.3 Å². The standard InChI is InChI=1S/C21H16F3N3O2/c1-10(15-9-25-20(28)14-8-17(24)16(23)7-13(14)15)27(2)21(29)19-6-11-5-12(22)3-4-18(11)26-19/h3-10,26H,1-2H3,(H,25,28). The van der Waals surface area contributed by atoms with Gasteiger partial charge in [0, 0.05) is 24.1 Å². The number of hydrogen-bond donors (Lipinski definition) is 2. The van der Waals surface area contributed by atoms with E-state index in [0.29, 0.717) is 16.5 Å². The summed E-state index contributed by atoms with van der Waals surface area (Å²) in [5.74, 6) is -2.99.